The Kier molecular flexibility index (Phi) is 5.89. The summed E-state index contributed by atoms with van der Waals surface area (Å²) >= 11 is 1.31. The van der Waals surface area contributed by atoms with Crippen molar-refractivity contribution in [2.45, 2.75) is 33.3 Å². The van der Waals surface area contributed by atoms with Crippen LogP contribution in [0, 0.1) is 18.2 Å². The van der Waals surface area contributed by atoms with E-state index in [-0.39, 0.29) is 16.8 Å². The van der Waals surface area contributed by atoms with Gasteiger partial charge in [-0.15, -0.1) is 11.3 Å². The molecule has 4 N–H and O–H groups in total. The molecule has 11 heteroatoms. The monoisotopic (exact) mass is 506 g/mol. The van der Waals surface area contributed by atoms with Gasteiger partial charge < -0.3 is 15.7 Å². The zero-order valence-corrected chi connectivity index (χ0v) is 20.5. The van der Waals surface area contributed by atoms with Gasteiger partial charge >= 0.3 is 0 Å². The largest absolute Gasteiger partial charge is 0.388 e. The molecule has 1 amide bonds. The van der Waals surface area contributed by atoms with E-state index in [1.807, 2.05) is 13.8 Å². The standard InChI is InChI=1S/C25H23FN6O3S/c1-12-13(16-9-17(23(34)32-31-16)29-20-6-7-27-11-28-20)4-5-15(26)21(12)30-24(35)18-8-14-19(36-18)10-25(2,3)22(14)33/h4-9,11,22,33H,10H2,1-3H3,(H,30,35)(H,32,34)(H,27,28,29,31). The van der Waals surface area contributed by atoms with E-state index in [0.717, 1.165) is 10.4 Å². The molecule has 3 aromatic heterocycles. The first-order valence-corrected chi connectivity index (χ1v) is 12.0. The van der Waals surface area contributed by atoms with E-state index < -0.39 is 23.4 Å². The van der Waals surface area contributed by atoms with Crippen molar-refractivity contribution in [2.24, 2.45) is 5.41 Å². The SMILES string of the molecule is Cc1c(-c2cc(Nc3ccncn3)c(=O)[nH]n2)ccc(F)c1NC(=O)c1cc2c(s1)CC(C)(C)C2O. The number of carbonyl (C=O) groups excluding carboxylic acids is 1. The highest BCUT2D eigenvalue weighted by atomic mass is 32.1. The molecule has 4 aromatic rings. The van der Waals surface area contributed by atoms with Crippen molar-refractivity contribution < 1.29 is 14.3 Å². The maximum absolute atomic E-state index is 14.8. The van der Waals surface area contributed by atoms with Gasteiger partial charge in [-0.3, -0.25) is 9.59 Å². The van der Waals surface area contributed by atoms with E-state index >= 15 is 0 Å². The highest BCUT2D eigenvalue weighted by molar-refractivity contribution is 7.14. The van der Waals surface area contributed by atoms with Crippen LogP contribution in [0.4, 0.5) is 21.6 Å². The first kappa shape index (κ1) is 23.8. The van der Waals surface area contributed by atoms with Crippen LogP contribution < -0.4 is 16.2 Å². The maximum Gasteiger partial charge on any atom is 0.287 e. The molecular formula is C25H23FN6O3S. The highest BCUT2D eigenvalue weighted by Gasteiger charge is 2.40. The zero-order chi connectivity index (χ0) is 25.6. The number of aromatic amines is 1. The molecule has 5 rings (SSSR count). The number of nitrogens with zero attached hydrogens (tertiary/aromatic N) is 3. The number of aliphatic hydroxyl groups excluding tert-OH is 1. The fourth-order valence-electron chi connectivity index (χ4n) is 4.28. The number of anilines is 3. The number of rotatable bonds is 5. The maximum atomic E-state index is 14.8. The van der Waals surface area contributed by atoms with Crippen molar-refractivity contribution in [3.05, 3.63) is 79.9 Å². The third kappa shape index (κ3) is 4.27. The van der Waals surface area contributed by atoms with Gasteiger partial charge in [-0.05, 0) is 60.2 Å². The lowest BCUT2D eigenvalue weighted by Crippen LogP contribution is -2.18. The van der Waals surface area contributed by atoms with Crippen LogP contribution in [0.5, 0.6) is 0 Å². The van der Waals surface area contributed by atoms with Gasteiger partial charge in [0.25, 0.3) is 11.5 Å². The summed E-state index contributed by atoms with van der Waals surface area (Å²) in [4.78, 5) is 34.5. The van der Waals surface area contributed by atoms with Crippen LogP contribution in [0.1, 0.15) is 45.6 Å². The normalized spacial score (nSPS) is 16.0. The second-order valence-corrected chi connectivity index (χ2v) is 10.5. The van der Waals surface area contributed by atoms with Gasteiger partial charge in [0.2, 0.25) is 0 Å². The van der Waals surface area contributed by atoms with Crippen molar-refractivity contribution >= 4 is 34.4 Å². The van der Waals surface area contributed by atoms with E-state index in [4.69, 9.17) is 0 Å². The van der Waals surface area contributed by atoms with Crippen molar-refractivity contribution in [1.82, 2.24) is 20.2 Å². The average Bonchev–Trinajstić information content (AvgIpc) is 3.35. The van der Waals surface area contributed by atoms with Gasteiger partial charge in [-0.2, -0.15) is 5.10 Å². The number of carbonyl (C=O) groups is 1. The molecule has 36 heavy (non-hydrogen) atoms. The number of benzene rings is 1. The van der Waals surface area contributed by atoms with Crippen LogP contribution in [0.3, 0.4) is 0 Å². The third-order valence-corrected chi connectivity index (χ3v) is 7.44. The fraction of sp³-hybridized carbons (Fsp3) is 0.240. The summed E-state index contributed by atoms with van der Waals surface area (Å²) in [6.45, 7) is 5.63. The molecule has 0 spiro atoms. The number of hydrogen-bond acceptors (Lipinski definition) is 8. The molecule has 1 aromatic carbocycles. The molecule has 0 fully saturated rings. The molecular weight excluding hydrogens is 483 g/mol. The predicted octanol–water partition coefficient (Wildman–Crippen LogP) is 4.35. The van der Waals surface area contributed by atoms with Crippen LogP contribution in [-0.4, -0.2) is 31.2 Å². The number of thiophene rings is 1. The molecule has 0 radical (unpaired) electrons. The molecule has 1 atom stereocenters. The van der Waals surface area contributed by atoms with Gasteiger partial charge in [0.05, 0.1) is 22.4 Å². The summed E-state index contributed by atoms with van der Waals surface area (Å²) < 4.78 is 14.8. The molecule has 1 unspecified atom stereocenters. The number of amides is 1. The Bertz CT molecular complexity index is 1530. The van der Waals surface area contributed by atoms with Crippen LogP contribution in [0.2, 0.25) is 0 Å². The Labute approximate surface area is 209 Å². The lowest BCUT2D eigenvalue weighted by molar-refractivity contribution is 0.0665. The minimum absolute atomic E-state index is 0.0187. The molecule has 184 valence electrons. The number of aliphatic hydroxyl groups is 1. The van der Waals surface area contributed by atoms with E-state index in [1.165, 1.54) is 42.1 Å². The zero-order valence-electron chi connectivity index (χ0n) is 19.7. The Balaban J connectivity index is 1.44. The second kappa shape index (κ2) is 8.92. The van der Waals surface area contributed by atoms with Crippen LogP contribution in [0.25, 0.3) is 11.3 Å². The summed E-state index contributed by atoms with van der Waals surface area (Å²) in [5, 5.41) is 22.7. The smallest absolute Gasteiger partial charge is 0.287 e. The van der Waals surface area contributed by atoms with E-state index in [0.29, 0.717) is 33.9 Å². The number of halogens is 1. The topological polar surface area (TPSA) is 133 Å². The van der Waals surface area contributed by atoms with Gasteiger partial charge in [0.1, 0.15) is 23.6 Å². The summed E-state index contributed by atoms with van der Waals surface area (Å²) in [5.74, 6) is -0.634. The summed E-state index contributed by atoms with van der Waals surface area (Å²) in [6.07, 6.45) is 2.91. The molecule has 0 bridgehead atoms. The lowest BCUT2D eigenvalue weighted by atomic mass is 9.88. The first-order chi connectivity index (χ1) is 17.1. The van der Waals surface area contributed by atoms with Gasteiger partial charge in [0, 0.05) is 16.6 Å². The first-order valence-electron chi connectivity index (χ1n) is 11.2. The van der Waals surface area contributed by atoms with Crippen LogP contribution in [0.15, 0.2) is 47.7 Å². The van der Waals surface area contributed by atoms with Crippen molar-refractivity contribution in [2.75, 3.05) is 10.6 Å². The molecule has 0 aliphatic heterocycles. The Morgan fingerprint density at radius 2 is 2.08 bits per heavy atom. The molecule has 0 saturated heterocycles. The number of nitrogens with one attached hydrogen (secondary N) is 3. The highest BCUT2D eigenvalue weighted by Crippen LogP contribution is 2.48. The van der Waals surface area contributed by atoms with Crippen molar-refractivity contribution in [3.8, 4) is 11.3 Å². The molecule has 0 saturated carbocycles. The lowest BCUT2D eigenvalue weighted by Gasteiger charge is -2.22. The molecule has 1 aliphatic rings. The number of fused-ring (bicyclic) bond motifs is 1. The van der Waals surface area contributed by atoms with E-state index in [9.17, 15) is 19.1 Å². The van der Waals surface area contributed by atoms with Crippen molar-refractivity contribution in [1.29, 1.82) is 0 Å². The van der Waals surface area contributed by atoms with Gasteiger partial charge in [-0.1, -0.05) is 13.8 Å². The van der Waals surface area contributed by atoms with E-state index in [2.05, 4.69) is 30.8 Å². The Morgan fingerprint density at radius 1 is 1.28 bits per heavy atom. The summed E-state index contributed by atoms with van der Waals surface area (Å²) in [6, 6.07) is 7.59. The summed E-state index contributed by atoms with van der Waals surface area (Å²) in [7, 11) is 0. The predicted molar refractivity (Wildman–Crippen MR) is 135 cm³/mol. The Morgan fingerprint density at radius 3 is 2.81 bits per heavy atom. The average molecular weight is 507 g/mol. The minimum Gasteiger partial charge on any atom is -0.388 e. The van der Waals surface area contributed by atoms with Crippen molar-refractivity contribution in [3.63, 3.8) is 0 Å². The third-order valence-electron chi connectivity index (χ3n) is 6.29. The Hall–Kier alpha value is -3.96. The molecule has 1 aliphatic carbocycles. The molecule has 3 heterocycles. The quantitative estimate of drug-likeness (QED) is 0.316. The van der Waals surface area contributed by atoms with Crippen LogP contribution >= 0.6 is 11.3 Å². The van der Waals surface area contributed by atoms with Gasteiger partial charge in [-0.25, -0.2) is 19.5 Å². The van der Waals surface area contributed by atoms with Crippen LogP contribution in [-0.2, 0) is 6.42 Å². The minimum atomic E-state index is -0.649. The van der Waals surface area contributed by atoms with Gasteiger partial charge in [0.15, 0.2) is 0 Å². The number of aromatic nitrogens is 4. The summed E-state index contributed by atoms with van der Waals surface area (Å²) in [5.41, 5.74) is 1.58. The number of H-pyrrole nitrogens is 1. The second-order valence-electron chi connectivity index (χ2n) is 9.32. The van der Waals surface area contributed by atoms with E-state index in [1.54, 1.807) is 19.1 Å². The fourth-order valence-corrected chi connectivity index (χ4v) is 5.61. The number of hydrogen-bond donors (Lipinski definition) is 4. The molecule has 9 nitrogen and oxygen atoms in total.